The van der Waals surface area contributed by atoms with Gasteiger partial charge in [0.25, 0.3) is 0 Å². The van der Waals surface area contributed by atoms with Crippen LogP contribution >= 0.6 is 11.3 Å². The molecule has 0 saturated carbocycles. The minimum absolute atomic E-state index is 0.318. The third-order valence-corrected chi connectivity index (χ3v) is 7.14. The van der Waals surface area contributed by atoms with Crippen LogP contribution in [0.3, 0.4) is 0 Å². The average Bonchev–Trinajstić information content (AvgIpc) is 3.48. The summed E-state index contributed by atoms with van der Waals surface area (Å²) in [6, 6.07) is 7.72. The Balaban J connectivity index is 1.62. The van der Waals surface area contributed by atoms with Crippen molar-refractivity contribution in [2.24, 2.45) is 0 Å². The molecule has 0 spiro atoms. The van der Waals surface area contributed by atoms with Gasteiger partial charge in [-0.05, 0) is 31.5 Å². The summed E-state index contributed by atoms with van der Waals surface area (Å²) in [6.07, 6.45) is 0.679. The van der Waals surface area contributed by atoms with Crippen LogP contribution in [0, 0.1) is 29.9 Å². The first-order valence-corrected chi connectivity index (χ1v) is 12.2. The van der Waals surface area contributed by atoms with Gasteiger partial charge < -0.3 is 15.1 Å². The fraction of sp³-hybridized carbons (Fsp3) is 0.333. The number of nitriles is 1. The molecule has 0 bridgehead atoms. The van der Waals surface area contributed by atoms with Gasteiger partial charge in [0.1, 0.15) is 28.1 Å². The first-order chi connectivity index (χ1) is 16.9. The van der Waals surface area contributed by atoms with Gasteiger partial charge in [-0.15, -0.1) is 0 Å². The van der Waals surface area contributed by atoms with Crippen molar-refractivity contribution in [3.8, 4) is 17.3 Å². The Labute approximate surface area is 205 Å². The summed E-state index contributed by atoms with van der Waals surface area (Å²) in [5.41, 5.74) is 4.00. The highest BCUT2D eigenvalue weighted by atomic mass is 32.1. The number of piperazine rings is 1. The molecule has 3 aromatic heterocycles. The summed E-state index contributed by atoms with van der Waals surface area (Å²) in [5.74, 6) is -1.03. The Morgan fingerprint density at radius 3 is 2.63 bits per heavy atom. The number of benzene rings is 1. The molecule has 5 rings (SSSR count). The molecule has 1 aliphatic rings. The minimum Gasteiger partial charge on any atom is -0.354 e. The molecular weight excluding hydrogens is 470 g/mol. The predicted octanol–water partition coefficient (Wildman–Crippen LogP) is 4.05. The third-order valence-electron chi connectivity index (χ3n) is 6.11. The quantitative estimate of drug-likeness (QED) is 0.448. The SMILES string of the molecule is CCc1nn2c(C)cc(N3CCNCC3)nc2c1N(C)c1nc(-c2ccc(F)c(F)c2)c(C#N)s1. The van der Waals surface area contributed by atoms with Crippen molar-refractivity contribution in [3.63, 3.8) is 0 Å². The average molecular weight is 495 g/mol. The van der Waals surface area contributed by atoms with Crippen molar-refractivity contribution in [3.05, 3.63) is 52.2 Å². The monoisotopic (exact) mass is 494 g/mol. The fourth-order valence-electron chi connectivity index (χ4n) is 4.28. The van der Waals surface area contributed by atoms with Gasteiger partial charge in [0.15, 0.2) is 22.4 Å². The van der Waals surface area contributed by atoms with Crippen molar-refractivity contribution in [2.75, 3.05) is 43.0 Å². The molecule has 0 radical (unpaired) electrons. The van der Waals surface area contributed by atoms with E-state index in [9.17, 15) is 14.0 Å². The lowest BCUT2D eigenvalue weighted by Crippen LogP contribution is -2.44. The Morgan fingerprint density at radius 1 is 1.17 bits per heavy atom. The number of hydrogen-bond donors (Lipinski definition) is 1. The number of hydrogen-bond acceptors (Lipinski definition) is 8. The zero-order valence-electron chi connectivity index (χ0n) is 19.6. The predicted molar refractivity (Wildman–Crippen MR) is 132 cm³/mol. The van der Waals surface area contributed by atoms with Crippen LogP contribution in [0.2, 0.25) is 0 Å². The lowest BCUT2D eigenvalue weighted by atomic mass is 10.1. The zero-order chi connectivity index (χ0) is 24.7. The Bertz CT molecular complexity index is 1450. The highest BCUT2D eigenvalue weighted by Gasteiger charge is 2.25. The highest BCUT2D eigenvalue weighted by Crippen LogP contribution is 2.38. The van der Waals surface area contributed by atoms with E-state index in [1.165, 1.54) is 17.4 Å². The van der Waals surface area contributed by atoms with Crippen LogP contribution < -0.4 is 15.1 Å². The van der Waals surface area contributed by atoms with E-state index in [1.807, 2.05) is 36.4 Å². The molecule has 11 heteroatoms. The van der Waals surface area contributed by atoms with Crippen molar-refractivity contribution >= 4 is 33.6 Å². The van der Waals surface area contributed by atoms with Crippen molar-refractivity contribution in [1.29, 1.82) is 5.26 Å². The number of fused-ring (bicyclic) bond motifs is 1. The van der Waals surface area contributed by atoms with Crippen molar-refractivity contribution in [2.45, 2.75) is 20.3 Å². The molecule has 0 atom stereocenters. The van der Waals surface area contributed by atoms with E-state index in [0.717, 1.165) is 61.2 Å². The number of halogens is 2. The smallest absolute Gasteiger partial charge is 0.191 e. The normalized spacial score (nSPS) is 13.9. The molecule has 0 aliphatic carbocycles. The fourth-order valence-corrected chi connectivity index (χ4v) is 5.13. The Hall–Kier alpha value is -3.62. The molecule has 180 valence electrons. The molecule has 1 aliphatic heterocycles. The van der Waals surface area contributed by atoms with E-state index in [4.69, 9.17) is 10.1 Å². The number of nitrogens with one attached hydrogen (secondary N) is 1. The van der Waals surface area contributed by atoms with Crippen LogP contribution in [-0.2, 0) is 6.42 Å². The van der Waals surface area contributed by atoms with Gasteiger partial charge in [0.2, 0.25) is 0 Å². The molecule has 0 unspecified atom stereocenters. The molecule has 1 fully saturated rings. The third kappa shape index (κ3) is 4.09. The molecule has 35 heavy (non-hydrogen) atoms. The molecule has 4 aromatic rings. The molecule has 8 nitrogen and oxygen atoms in total. The molecule has 1 saturated heterocycles. The summed E-state index contributed by atoms with van der Waals surface area (Å²) in [6.45, 7) is 7.59. The Kier molecular flexibility index (Phi) is 6.08. The summed E-state index contributed by atoms with van der Waals surface area (Å²) in [5, 5.41) is 18.4. The first kappa shape index (κ1) is 23.1. The van der Waals surface area contributed by atoms with Crippen molar-refractivity contribution < 1.29 is 8.78 Å². The van der Waals surface area contributed by atoms with Crippen LogP contribution in [0.5, 0.6) is 0 Å². The number of aryl methyl sites for hydroxylation is 2. The molecule has 1 aromatic carbocycles. The topological polar surface area (TPSA) is 85.4 Å². The number of aromatic nitrogens is 4. The van der Waals surface area contributed by atoms with Crippen LogP contribution in [0.1, 0.15) is 23.2 Å². The molecule has 1 N–H and O–H groups in total. The number of anilines is 3. The Morgan fingerprint density at radius 2 is 1.94 bits per heavy atom. The van der Waals surface area contributed by atoms with Gasteiger partial charge in [-0.2, -0.15) is 10.4 Å². The highest BCUT2D eigenvalue weighted by molar-refractivity contribution is 7.16. The van der Waals surface area contributed by atoms with Gasteiger partial charge in [-0.3, -0.25) is 0 Å². The standard InChI is InChI=1S/C24H24F2N8S/c1-4-18-22(23-29-20(11-14(2)34(23)31-18)33-9-7-28-8-10-33)32(3)24-30-21(19(13-27)35-24)15-5-6-16(25)17(26)12-15/h5-6,11-12,28H,4,7-10H2,1-3H3. The van der Waals surface area contributed by atoms with Crippen LogP contribution in [0.15, 0.2) is 24.3 Å². The maximum absolute atomic E-state index is 13.9. The van der Waals surface area contributed by atoms with Gasteiger partial charge in [0.05, 0.1) is 5.69 Å². The molecule has 0 amide bonds. The zero-order valence-corrected chi connectivity index (χ0v) is 20.5. The number of thiazole rings is 1. The van der Waals surface area contributed by atoms with E-state index in [0.29, 0.717) is 33.3 Å². The van der Waals surface area contributed by atoms with E-state index in [1.54, 1.807) is 0 Å². The molecular formula is C24H24F2N8S. The van der Waals surface area contributed by atoms with Gasteiger partial charge >= 0.3 is 0 Å². The lowest BCUT2D eigenvalue weighted by molar-refractivity contribution is 0.509. The van der Waals surface area contributed by atoms with E-state index < -0.39 is 11.6 Å². The maximum atomic E-state index is 13.9. The summed E-state index contributed by atoms with van der Waals surface area (Å²) >= 11 is 1.19. The summed E-state index contributed by atoms with van der Waals surface area (Å²) in [4.78, 5) is 14.1. The van der Waals surface area contributed by atoms with Gasteiger partial charge in [0, 0.05) is 50.6 Å². The second-order valence-corrected chi connectivity index (χ2v) is 9.33. The summed E-state index contributed by atoms with van der Waals surface area (Å²) < 4.78 is 29.2. The van der Waals surface area contributed by atoms with E-state index in [-0.39, 0.29) is 0 Å². The van der Waals surface area contributed by atoms with Gasteiger partial charge in [-0.25, -0.2) is 23.3 Å². The van der Waals surface area contributed by atoms with Crippen LogP contribution in [-0.4, -0.2) is 52.8 Å². The van der Waals surface area contributed by atoms with Crippen molar-refractivity contribution in [1.82, 2.24) is 24.9 Å². The second kappa shape index (κ2) is 9.20. The van der Waals surface area contributed by atoms with Gasteiger partial charge in [-0.1, -0.05) is 18.3 Å². The number of rotatable bonds is 5. The van der Waals surface area contributed by atoms with E-state index in [2.05, 4.69) is 21.3 Å². The second-order valence-electron chi connectivity index (χ2n) is 8.35. The maximum Gasteiger partial charge on any atom is 0.191 e. The number of nitrogens with zero attached hydrogens (tertiary/aromatic N) is 7. The largest absolute Gasteiger partial charge is 0.354 e. The summed E-state index contributed by atoms with van der Waals surface area (Å²) in [7, 11) is 1.86. The van der Waals surface area contributed by atoms with Crippen LogP contribution in [0.25, 0.3) is 16.9 Å². The lowest BCUT2D eigenvalue weighted by Gasteiger charge is -2.28. The van der Waals surface area contributed by atoms with Crippen LogP contribution in [0.4, 0.5) is 25.4 Å². The first-order valence-electron chi connectivity index (χ1n) is 11.4. The minimum atomic E-state index is -0.981. The van der Waals surface area contributed by atoms with E-state index >= 15 is 0 Å². The molecule has 4 heterocycles.